The van der Waals surface area contributed by atoms with Crippen molar-refractivity contribution in [1.82, 2.24) is 9.55 Å². The smallest absolute Gasteiger partial charge is 0.323 e. The number of halogens is 1. The van der Waals surface area contributed by atoms with Crippen molar-refractivity contribution in [2.45, 2.75) is 26.8 Å². The van der Waals surface area contributed by atoms with Crippen LogP contribution in [-0.2, 0) is 17.8 Å². The van der Waals surface area contributed by atoms with Crippen LogP contribution in [0.25, 0.3) is 10.2 Å². The molecule has 0 fully saturated rings. The number of fused-ring (bicyclic) bond motifs is 1. The molecule has 124 valence electrons. The lowest BCUT2D eigenvalue weighted by molar-refractivity contribution is -0.137. The predicted octanol–water partition coefficient (Wildman–Crippen LogP) is 3.40. The maximum absolute atomic E-state index is 12.8. The lowest BCUT2D eigenvalue weighted by Gasteiger charge is -2.11. The molecule has 3 rings (SSSR count). The molecule has 0 saturated heterocycles. The molecule has 0 aliphatic carbocycles. The van der Waals surface area contributed by atoms with Gasteiger partial charge in [0, 0.05) is 16.3 Å². The average molecular weight is 363 g/mol. The van der Waals surface area contributed by atoms with Crippen molar-refractivity contribution in [3.05, 3.63) is 61.5 Å². The summed E-state index contributed by atoms with van der Waals surface area (Å²) in [5.41, 5.74) is 1.43. The first-order valence-corrected chi connectivity index (χ1v) is 8.52. The highest BCUT2D eigenvalue weighted by molar-refractivity contribution is 7.18. The van der Waals surface area contributed by atoms with Gasteiger partial charge < -0.3 is 5.11 Å². The maximum atomic E-state index is 12.8. The molecule has 0 spiro atoms. The molecule has 2 heterocycles. The average Bonchev–Trinajstić information content (AvgIpc) is 2.78. The summed E-state index contributed by atoms with van der Waals surface area (Å²) >= 11 is 7.46. The number of benzene rings is 1. The number of hydrogen-bond acceptors (Lipinski definition) is 4. The molecule has 0 saturated carbocycles. The van der Waals surface area contributed by atoms with Gasteiger partial charge in [0.1, 0.15) is 17.2 Å². The number of rotatable bonds is 4. The van der Waals surface area contributed by atoms with Gasteiger partial charge in [-0.05, 0) is 37.1 Å². The summed E-state index contributed by atoms with van der Waals surface area (Å²) in [6, 6.07) is 7.24. The summed E-state index contributed by atoms with van der Waals surface area (Å²) in [4.78, 5) is 30.2. The topological polar surface area (TPSA) is 72.2 Å². The van der Waals surface area contributed by atoms with Crippen LogP contribution in [0.5, 0.6) is 0 Å². The summed E-state index contributed by atoms with van der Waals surface area (Å²) in [6.45, 7) is 3.38. The second-order valence-corrected chi connectivity index (χ2v) is 7.22. The lowest BCUT2D eigenvalue weighted by atomic mass is 10.1. The van der Waals surface area contributed by atoms with Crippen LogP contribution in [0.4, 0.5) is 0 Å². The van der Waals surface area contributed by atoms with Crippen LogP contribution in [0.15, 0.2) is 29.1 Å². The summed E-state index contributed by atoms with van der Waals surface area (Å²) in [7, 11) is 0. The van der Waals surface area contributed by atoms with E-state index in [0.29, 0.717) is 27.5 Å². The summed E-state index contributed by atoms with van der Waals surface area (Å²) < 4.78 is 1.24. The van der Waals surface area contributed by atoms with Crippen LogP contribution in [0.1, 0.15) is 21.8 Å². The molecule has 0 bridgehead atoms. The van der Waals surface area contributed by atoms with Gasteiger partial charge in [0.15, 0.2) is 0 Å². The highest BCUT2D eigenvalue weighted by atomic mass is 35.5. The molecule has 3 aromatic rings. The van der Waals surface area contributed by atoms with Crippen molar-refractivity contribution in [2.24, 2.45) is 0 Å². The van der Waals surface area contributed by atoms with E-state index in [1.165, 1.54) is 15.9 Å². The van der Waals surface area contributed by atoms with Crippen LogP contribution >= 0.6 is 22.9 Å². The third-order valence-electron chi connectivity index (χ3n) is 3.91. The third-order valence-corrected chi connectivity index (χ3v) is 5.25. The van der Waals surface area contributed by atoms with E-state index < -0.39 is 12.5 Å². The zero-order valence-electron chi connectivity index (χ0n) is 13.2. The first-order valence-electron chi connectivity index (χ1n) is 7.32. The first kappa shape index (κ1) is 16.7. The molecule has 0 atom stereocenters. The number of carbonyl (C=O) groups is 1. The zero-order chi connectivity index (χ0) is 17.4. The molecular formula is C17H15ClN2O3S. The lowest BCUT2D eigenvalue weighted by Crippen LogP contribution is -2.28. The Hall–Kier alpha value is -2.18. The van der Waals surface area contributed by atoms with Crippen LogP contribution in [-0.4, -0.2) is 20.6 Å². The molecule has 1 N–H and O–H groups in total. The minimum absolute atomic E-state index is 0.304. The molecule has 2 aromatic heterocycles. The number of aryl methyl sites for hydroxylation is 2. The van der Waals surface area contributed by atoms with Gasteiger partial charge in [-0.3, -0.25) is 14.2 Å². The number of thiophene rings is 1. The first-order chi connectivity index (χ1) is 11.4. The fourth-order valence-corrected chi connectivity index (χ4v) is 3.88. The largest absolute Gasteiger partial charge is 0.480 e. The Labute approximate surface area is 147 Å². The van der Waals surface area contributed by atoms with Gasteiger partial charge in [-0.1, -0.05) is 23.7 Å². The van der Waals surface area contributed by atoms with E-state index in [2.05, 4.69) is 4.98 Å². The number of carboxylic acid groups (broad SMARTS) is 1. The van der Waals surface area contributed by atoms with Crippen LogP contribution in [0, 0.1) is 13.8 Å². The van der Waals surface area contributed by atoms with E-state index in [1.807, 2.05) is 26.0 Å². The Morgan fingerprint density at radius 3 is 2.79 bits per heavy atom. The van der Waals surface area contributed by atoms with E-state index in [-0.39, 0.29) is 5.56 Å². The number of hydrogen-bond donors (Lipinski definition) is 1. The van der Waals surface area contributed by atoms with Gasteiger partial charge in [-0.2, -0.15) is 0 Å². The third kappa shape index (κ3) is 3.07. The Kier molecular flexibility index (Phi) is 4.43. The second-order valence-electron chi connectivity index (χ2n) is 5.58. The second kappa shape index (κ2) is 6.37. The Balaban J connectivity index is 2.21. The molecule has 0 aliphatic rings. The van der Waals surface area contributed by atoms with E-state index in [4.69, 9.17) is 16.7 Å². The minimum atomic E-state index is -1.07. The fourth-order valence-electron chi connectivity index (χ4n) is 2.63. The van der Waals surface area contributed by atoms with Crippen molar-refractivity contribution in [3.8, 4) is 0 Å². The van der Waals surface area contributed by atoms with E-state index in [1.54, 1.807) is 12.1 Å². The fraction of sp³-hybridized carbons (Fsp3) is 0.235. The van der Waals surface area contributed by atoms with Crippen molar-refractivity contribution < 1.29 is 9.90 Å². The molecule has 1 aromatic carbocycles. The molecule has 0 unspecified atom stereocenters. The number of carboxylic acids is 1. The van der Waals surface area contributed by atoms with Gasteiger partial charge in [0.25, 0.3) is 5.56 Å². The predicted molar refractivity (Wildman–Crippen MR) is 95.2 cm³/mol. The van der Waals surface area contributed by atoms with Crippen LogP contribution in [0.3, 0.4) is 0 Å². The number of aromatic nitrogens is 2. The van der Waals surface area contributed by atoms with Crippen LogP contribution in [0.2, 0.25) is 5.02 Å². The molecule has 0 aliphatic heterocycles. The van der Waals surface area contributed by atoms with E-state index in [0.717, 1.165) is 16.0 Å². The summed E-state index contributed by atoms with van der Waals surface area (Å²) in [5.74, 6) is -0.645. The Bertz CT molecular complexity index is 1010. The van der Waals surface area contributed by atoms with Crippen molar-refractivity contribution in [2.75, 3.05) is 0 Å². The number of aliphatic carboxylic acids is 1. The SMILES string of the molecule is Cc1sc2nc(Cc3cccc(Cl)c3)n(CC(=O)O)c(=O)c2c1C. The normalized spacial score (nSPS) is 11.1. The molecule has 0 amide bonds. The summed E-state index contributed by atoms with van der Waals surface area (Å²) in [5, 5.41) is 10.3. The molecule has 0 radical (unpaired) electrons. The molecule has 24 heavy (non-hydrogen) atoms. The van der Waals surface area contributed by atoms with Crippen LogP contribution < -0.4 is 5.56 Å². The molecular weight excluding hydrogens is 348 g/mol. The maximum Gasteiger partial charge on any atom is 0.323 e. The quantitative estimate of drug-likeness (QED) is 0.772. The van der Waals surface area contributed by atoms with Gasteiger partial charge >= 0.3 is 5.97 Å². The molecule has 5 nitrogen and oxygen atoms in total. The molecule has 7 heteroatoms. The highest BCUT2D eigenvalue weighted by Crippen LogP contribution is 2.26. The van der Waals surface area contributed by atoms with Gasteiger partial charge in [-0.15, -0.1) is 11.3 Å². The van der Waals surface area contributed by atoms with Gasteiger partial charge in [0.2, 0.25) is 0 Å². The number of nitrogens with zero attached hydrogens (tertiary/aromatic N) is 2. The Morgan fingerprint density at radius 1 is 1.38 bits per heavy atom. The van der Waals surface area contributed by atoms with Crippen molar-refractivity contribution in [3.63, 3.8) is 0 Å². The minimum Gasteiger partial charge on any atom is -0.480 e. The van der Waals surface area contributed by atoms with Crippen molar-refractivity contribution >= 4 is 39.1 Å². The summed E-state index contributed by atoms with van der Waals surface area (Å²) in [6.07, 6.45) is 0.342. The van der Waals surface area contributed by atoms with Gasteiger partial charge in [0.05, 0.1) is 5.39 Å². The van der Waals surface area contributed by atoms with E-state index in [9.17, 15) is 9.59 Å². The Morgan fingerprint density at radius 2 is 2.12 bits per heavy atom. The van der Waals surface area contributed by atoms with E-state index >= 15 is 0 Å². The van der Waals surface area contributed by atoms with Gasteiger partial charge in [-0.25, -0.2) is 4.98 Å². The zero-order valence-corrected chi connectivity index (χ0v) is 14.7. The highest BCUT2D eigenvalue weighted by Gasteiger charge is 2.18. The van der Waals surface area contributed by atoms with Crippen molar-refractivity contribution in [1.29, 1.82) is 0 Å². The monoisotopic (exact) mass is 362 g/mol. The standard InChI is InChI=1S/C17H15ClN2O3S/c1-9-10(2)24-16-15(9)17(23)20(8-14(21)22)13(19-16)7-11-4-3-5-12(18)6-11/h3-6H,7-8H2,1-2H3,(H,21,22).